The Kier molecular flexibility index (Phi) is 8.18. The van der Waals surface area contributed by atoms with Gasteiger partial charge < -0.3 is 24.7 Å². The van der Waals surface area contributed by atoms with Crippen molar-refractivity contribution >= 4 is 22.6 Å². The minimum Gasteiger partial charge on any atom is -0.487 e. The fraction of sp³-hybridized carbons (Fsp3) is 0.156. The number of benzene rings is 2. The lowest BCUT2D eigenvalue weighted by atomic mass is 10.0. The number of carbonyl (C=O) groups is 1. The molecule has 5 aromatic rings. The molecule has 0 aliphatic rings. The van der Waals surface area contributed by atoms with E-state index in [1.807, 2.05) is 98.1 Å². The summed E-state index contributed by atoms with van der Waals surface area (Å²) in [6, 6.07) is 21.7. The molecule has 0 radical (unpaired) electrons. The minimum atomic E-state index is -0.171. The first-order valence-electron chi connectivity index (χ1n) is 12.9. The molecule has 40 heavy (non-hydrogen) atoms. The molecule has 0 bridgehead atoms. The number of hydrogen-bond acceptors (Lipinski definition) is 6. The van der Waals surface area contributed by atoms with Crippen LogP contribution in [0, 0.1) is 0 Å². The summed E-state index contributed by atoms with van der Waals surface area (Å²) in [6.07, 6.45) is 8.80. The van der Waals surface area contributed by atoms with Crippen molar-refractivity contribution in [3.63, 3.8) is 0 Å². The highest BCUT2D eigenvalue weighted by Crippen LogP contribution is 2.38. The number of anilines is 1. The molecule has 3 aromatic heterocycles. The number of methoxy groups -OCH3 is 1. The Morgan fingerprint density at radius 1 is 0.975 bits per heavy atom. The number of H-pyrrole nitrogens is 1. The molecule has 1 amide bonds. The predicted molar refractivity (Wildman–Crippen MR) is 158 cm³/mol. The Balaban J connectivity index is 1.45. The number of amides is 1. The first-order valence-corrected chi connectivity index (χ1v) is 12.9. The van der Waals surface area contributed by atoms with E-state index in [1.165, 1.54) is 0 Å². The summed E-state index contributed by atoms with van der Waals surface area (Å²) in [4.78, 5) is 26.7. The van der Waals surface area contributed by atoms with Crippen molar-refractivity contribution in [2.75, 3.05) is 33.1 Å². The van der Waals surface area contributed by atoms with Crippen LogP contribution in [0.1, 0.15) is 5.56 Å². The standard InChI is InChI=1S/C32H31N5O3/c1-37(2)14-8-13-30(38)36-25-12-7-11-23(15-25)24-16-27-28(19-35-32(27)34-18-24)26-17-31(39-3)33-20-29(26)40-21-22-9-5-4-6-10-22/h4-13,15-20H,14,21H2,1-3H3,(H,34,35)(H,36,38). The Morgan fingerprint density at radius 2 is 1.82 bits per heavy atom. The molecule has 202 valence electrons. The zero-order chi connectivity index (χ0) is 27.9. The zero-order valence-corrected chi connectivity index (χ0v) is 22.7. The topological polar surface area (TPSA) is 92.4 Å². The number of pyridine rings is 2. The van der Waals surface area contributed by atoms with E-state index in [0.717, 1.165) is 38.9 Å². The molecule has 0 saturated carbocycles. The number of nitrogens with one attached hydrogen (secondary N) is 2. The summed E-state index contributed by atoms with van der Waals surface area (Å²) < 4.78 is 11.6. The van der Waals surface area contributed by atoms with Gasteiger partial charge in [-0.3, -0.25) is 4.79 Å². The quantitative estimate of drug-likeness (QED) is 0.216. The number of nitrogens with zero attached hydrogens (tertiary/aromatic N) is 3. The summed E-state index contributed by atoms with van der Waals surface area (Å²) in [5.74, 6) is 0.960. The number of hydrogen-bond donors (Lipinski definition) is 2. The van der Waals surface area contributed by atoms with Gasteiger partial charge in [-0.25, -0.2) is 9.97 Å². The van der Waals surface area contributed by atoms with Gasteiger partial charge in [0.2, 0.25) is 11.8 Å². The third-order valence-electron chi connectivity index (χ3n) is 6.31. The second kappa shape index (κ2) is 12.3. The van der Waals surface area contributed by atoms with Gasteiger partial charge in [-0.15, -0.1) is 0 Å². The molecule has 0 unspecified atom stereocenters. The summed E-state index contributed by atoms with van der Waals surface area (Å²) in [7, 11) is 5.50. The maximum atomic E-state index is 12.4. The average molecular weight is 534 g/mol. The zero-order valence-electron chi connectivity index (χ0n) is 22.7. The van der Waals surface area contributed by atoms with Gasteiger partial charge in [0.25, 0.3) is 0 Å². The second-order valence-corrected chi connectivity index (χ2v) is 9.55. The molecule has 2 N–H and O–H groups in total. The van der Waals surface area contributed by atoms with E-state index in [-0.39, 0.29) is 5.91 Å². The van der Waals surface area contributed by atoms with E-state index in [2.05, 4.69) is 26.3 Å². The first kappa shape index (κ1) is 26.6. The Labute approximate surface area is 233 Å². The van der Waals surface area contributed by atoms with Crippen LogP contribution in [0.15, 0.2) is 97.5 Å². The van der Waals surface area contributed by atoms with Crippen molar-refractivity contribution in [1.82, 2.24) is 19.9 Å². The van der Waals surface area contributed by atoms with Gasteiger partial charge in [-0.1, -0.05) is 48.5 Å². The smallest absolute Gasteiger partial charge is 0.248 e. The van der Waals surface area contributed by atoms with Crippen molar-refractivity contribution in [3.8, 4) is 33.9 Å². The number of aromatic amines is 1. The Morgan fingerprint density at radius 3 is 2.62 bits per heavy atom. The lowest BCUT2D eigenvalue weighted by Crippen LogP contribution is -2.12. The molecule has 5 rings (SSSR count). The van der Waals surface area contributed by atoms with E-state index >= 15 is 0 Å². The third-order valence-corrected chi connectivity index (χ3v) is 6.31. The SMILES string of the molecule is COc1cc(-c2c[nH]c3ncc(-c4cccc(NC(=O)C=CCN(C)C)c4)cc23)c(OCc2ccccc2)cn1. The largest absolute Gasteiger partial charge is 0.487 e. The van der Waals surface area contributed by atoms with Gasteiger partial charge in [-0.05, 0) is 43.4 Å². The second-order valence-electron chi connectivity index (χ2n) is 9.55. The van der Waals surface area contributed by atoms with Crippen LogP contribution in [-0.2, 0) is 11.4 Å². The summed E-state index contributed by atoms with van der Waals surface area (Å²) >= 11 is 0. The van der Waals surface area contributed by atoms with Crippen LogP contribution in [0.3, 0.4) is 0 Å². The average Bonchev–Trinajstić information content (AvgIpc) is 3.39. The number of fused-ring (bicyclic) bond motifs is 1. The van der Waals surface area contributed by atoms with Gasteiger partial charge in [0, 0.05) is 58.8 Å². The molecule has 8 heteroatoms. The van der Waals surface area contributed by atoms with Crippen LogP contribution >= 0.6 is 0 Å². The number of ether oxygens (including phenoxy) is 2. The van der Waals surface area contributed by atoms with Gasteiger partial charge in [0.05, 0.1) is 13.3 Å². The summed E-state index contributed by atoms with van der Waals surface area (Å²) in [6.45, 7) is 1.11. The van der Waals surface area contributed by atoms with Crippen LogP contribution in [0.2, 0.25) is 0 Å². The van der Waals surface area contributed by atoms with Crippen LogP contribution in [0.5, 0.6) is 11.6 Å². The summed E-state index contributed by atoms with van der Waals surface area (Å²) in [5.41, 5.74) is 6.14. The third kappa shape index (κ3) is 6.36. The highest BCUT2D eigenvalue weighted by atomic mass is 16.5. The van der Waals surface area contributed by atoms with Crippen LogP contribution in [0.4, 0.5) is 5.69 Å². The number of aromatic nitrogens is 3. The normalized spacial score (nSPS) is 11.3. The monoisotopic (exact) mass is 533 g/mol. The Hall–Kier alpha value is -4.95. The molecule has 8 nitrogen and oxygen atoms in total. The lowest BCUT2D eigenvalue weighted by Gasteiger charge is -2.12. The van der Waals surface area contributed by atoms with Gasteiger partial charge in [0.1, 0.15) is 18.0 Å². The minimum absolute atomic E-state index is 0.171. The fourth-order valence-corrected chi connectivity index (χ4v) is 4.31. The summed E-state index contributed by atoms with van der Waals surface area (Å²) in [5, 5.41) is 3.86. The van der Waals surface area contributed by atoms with E-state index in [9.17, 15) is 4.79 Å². The molecule has 3 heterocycles. The lowest BCUT2D eigenvalue weighted by molar-refractivity contribution is -0.111. The van der Waals surface area contributed by atoms with Crippen molar-refractivity contribution in [1.29, 1.82) is 0 Å². The predicted octanol–water partition coefficient (Wildman–Crippen LogP) is 5.94. The maximum Gasteiger partial charge on any atom is 0.248 e. The fourth-order valence-electron chi connectivity index (χ4n) is 4.31. The molecule has 0 saturated heterocycles. The molecular weight excluding hydrogens is 502 g/mol. The van der Waals surface area contributed by atoms with Crippen LogP contribution < -0.4 is 14.8 Å². The van der Waals surface area contributed by atoms with Crippen molar-refractivity contribution < 1.29 is 14.3 Å². The highest BCUT2D eigenvalue weighted by molar-refractivity contribution is 6.00. The van der Waals surface area contributed by atoms with Crippen LogP contribution in [-0.4, -0.2) is 53.5 Å². The van der Waals surface area contributed by atoms with E-state index in [4.69, 9.17) is 9.47 Å². The number of likely N-dealkylation sites (N-methyl/N-ethyl adjacent to an activating group) is 1. The van der Waals surface area contributed by atoms with E-state index in [1.54, 1.807) is 19.4 Å². The Bertz CT molecular complexity index is 1640. The molecule has 2 aromatic carbocycles. The maximum absolute atomic E-state index is 12.4. The molecule has 0 fully saturated rings. The molecule has 0 spiro atoms. The molecule has 0 atom stereocenters. The van der Waals surface area contributed by atoms with E-state index in [0.29, 0.717) is 30.5 Å². The van der Waals surface area contributed by atoms with Crippen molar-refractivity contribution in [2.24, 2.45) is 0 Å². The number of rotatable bonds is 10. The molecule has 0 aliphatic carbocycles. The highest BCUT2D eigenvalue weighted by Gasteiger charge is 2.16. The molecular formula is C32H31N5O3. The van der Waals surface area contributed by atoms with Gasteiger partial charge in [0.15, 0.2) is 0 Å². The number of carbonyl (C=O) groups excluding carboxylic acids is 1. The van der Waals surface area contributed by atoms with E-state index < -0.39 is 0 Å². The van der Waals surface area contributed by atoms with Gasteiger partial charge in [-0.2, -0.15) is 0 Å². The van der Waals surface area contributed by atoms with Crippen LogP contribution in [0.25, 0.3) is 33.3 Å². The first-order chi connectivity index (χ1) is 19.5. The van der Waals surface area contributed by atoms with Gasteiger partial charge >= 0.3 is 0 Å². The van der Waals surface area contributed by atoms with Crippen molar-refractivity contribution in [3.05, 3.63) is 103 Å². The van der Waals surface area contributed by atoms with Crippen molar-refractivity contribution in [2.45, 2.75) is 6.61 Å². The molecule has 0 aliphatic heterocycles.